The summed E-state index contributed by atoms with van der Waals surface area (Å²) in [5.74, 6) is -0.0412. The van der Waals surface area contributed by atoms with Crippen LogP contribution in [0.1, 0.15) is 29.0 Å². The Labute approximate surface area is 149 Å². The SMILES string of the molecule is O=C(CC(Cc1ccccc1)c1ccccc1)OCc1ccccc1. The maximum Gasteiger partial charge on any atom is 0.306 e. The van der Waals surface area contributed by atoms with Gasteiger partial charge in [-0.25, -0.2) is 0 Å². The van der Waals surface area contributed by atoms with Gasteiger partial charge >= 0.3 is 5.97 Å². The Hall–Kier alpha value is -2.87. The summed E-state index contributed by atoms with van der Waals surface area (Å²) in [6.07, 6.45) is 1.21. The molecule has 3 aromatic rings. The molecule has 0 aliphatic rings. The summed E-state index contributed by atoms with van der Waals surface area (Å²) in [7, 11) is 0. The number of ether oxygens (including phenoxy) is 1. The Morgan fingerprint density at radius 3 is 1.84 bits per heavy atom. The Morgan fingerprint density at radius 2 is 1.24 bits per heavy atom. The molecule has 0 spiro atoms. The monoisotopic (exact) mass is 330 g/mol. The molecule has 0 saturated carbocycles. The molecular weight excluding hydrogens is 308 g/mol. The van der Waals surface area contributed by atoms with Gasteiger partial charge < -0.3 is 4.74 Å². The van der Waals surface area contributed by atoms with Crippen molar-refractivity contribution >= 4 is 5.97 Å². The third kappa shape index (κ3) is 5.32. The molecule has 25 heavy (non-hydrogen) atoms. The van der Waals surface area contributed by atoms with Gasteiger partial charge in [-0.2, -0.15) is 0 Å². The molecule has 3 rings (SSSR count). The third-order valence-corrected chi connectivity index (χ3v) is 4.25. The number of carbonyl (C=O) groups excluding carboxylic acids is 1. The molecule has 2 heteroatoms. The van der Waals surface area contributed by atoms with Gasteiger partial charge in [0.1, 0.15) is 6.61 Å². The lowest BCUT2D eigenvalue weighted by molar-refractivity contribution is -0.145. The highest BCUT2D eigenvalue weighted by Crippen LogP contribution is 2.25. The van der Waals surface area contributed by atoms with Crippen LogP contribution >= 0.6 is 0 Å². The van der Waals surface area contributed by atoms with Crippen molar-refractivity contribution in [3.63, 3.8) is 0 Å². The van der Waals surface area contributed by atoms with Crippen molar-refractivity contribution in [2.45, 2.75) is 25.4 Å². The van der Waals surface area contributed by atoms with E-state index in [0.29, 0.717) is 13.0 Å². The molecule has 0 amide bonds. The van der Waals surface area contributed by atoms with E-state index in [1.165, 1.54) is 11.1 Å². The summed E-state index contributed by atoms with van der Waals surface area (Å²) in [6.45, 7) is 0.326. The topological polar surface area (TPSA) is 26.3 Å². The molecule has 3 aromatic carbocycles. The van der Waals surface area contributed by atoms with Crippen molar-refractivity contribution < 1.29 is 9.53 Å². The summed E-state index contributed by atoms with van der Waals surface area (Å²) in [6, 6.07) is 30.3. The van der Waals surface area contributed by atoms with Crippen molar-refractivity contribution in [1.29, 1.82) is 0 Å². The van der Waals surface area contributed by atoms with Gasteiger partial charge in [-0.3, -0.25) is 4.79 Å². The maximum absolute atomic E-state index is 12.4. The second-order valence-corrected chi connectivity index (χ2v) is 6.15. The predicted octanol–water partition coefficient (Wildman–Crippen LogP) is 5.15. The second-order valence-electron chi connectivity index (χ2n) is 6.15. The van der Waals surface area contributed by atoms with Crippen molar-refractivity contribution in [2.24, 2.45) is 0 Å². The molecular formula is C23H22O2. The van der Waals surface area contributed by atoms with Crippen LogP contribution in [0.3, 0.4) is 0 Å². The highest BCUT2D eigenvalue weighted by atomic mass is 16.5. The van der Waals surface area contributed by atoms with Gasteiger partial charge in [0.05, 0.1) is 6.42 Å². The first-order valence-corrected chi connectivity index (χ1v) is 8.59. The Balaban J connectivity index is 1.66. The van der Waals surface area contributed by atoms with Crippen LogP contribution in [0.25, 0.3) is 0 Å². The molecule has 0 aromatic heterocycles. The lowest BCUT2D eigenvalue weighted by Crippen LogP contribution is -2.12. The highest BCUT2D eigenvalue weighted by Gasteiger charge is 2.17. The summed E-state index contributed by atoms with van der Waals surface area (Å²) < 4.78 is 5.48. The minimum Gasteiger partial charge on any atom is -0.461 e. The van der Waals surface area contributed by atoms with Crippen LogP contribution in [-0.2, 0) is 22.6 Å². The van der Waals surface area contributed by atoms with Gasteiger partial charge in [0.2, 0.25) is 0 Å². The van der Waals surface area contributed by atoms with Gasteiger partial charge in [0, 0.05) is 0 Å². The fraction of sp³-hybridized carbons (Fsp3) is 0.174. The summed E-state index contributed by atoms with van der Waals surface area (Å²) in [4.78, 5) is 12.4. The zero-order valence-electron chi connectivity index (χ0n) is 14.2. The average Bonchev–Trinajstić information content (AvgIpc) is 2.68. The summed E-state index contributed by atoms with van der Waals surface area (Å²) in [5.41, 5.74) is 3.41. The zero-order valence-corrected chi connectivity index (χ0v) is 14.2. The van der Waals surface area contributed by atoms with E-state index in [1.807, 2.05) is 66.7 Å². The lowest BCUT2D eigenvalue weighted by Gasteiger charge is -2.17. The molecule has 0 aliphatic heterocycles. The third-order valence-electron chi connectivity index (χ3n) is 4.25. The molecule has 0 radical (unpaired) electrons. The number of hydrogen-bond acceptors (Lipinski definition) is 2. The average molecular weight is 330 g/mol. The van der Waals surface area contributed by atoms with Crippen LogP contribution in [-0.4, -0.2) is 5.97 Å². The predicted molar refractivity (Wildman–Crippen MR) is 100 cm³/mol. The molecule has 0 saturated heterocycles. The van der Waals surface area contributed by atoms with E-state index in [1.54, 1.807) is 0 Å². The van der Waals surface area contributed by atoms with Crippen LogP contribution in [0.2, 0.25) is 0 Å². The number of carbonyl (C=O) groups is 1. The molecule has 0 bridgehead atoms. The van der Waals surface area contributed by atoms with Crippen LogP contribution < -0.4 is 0 Å². The zero-order chi connectivity index (χ0) is 17.3. The van der Waals surface area contributed by atoms with Crippen LogP contribution in [0, 0.1) is 0 Å². The summed E-state index contributed by atoms with van der Waals surface area (Å²) in [5, 5.41) is 0. The Bertz CT molecular complexity index is 767. The molecule has 126 valence electrons. The van der Waals surface area contributed by atoms with E-state index in [0.717, 1.165) is 12.0 Å². The molecule has 2 nitrogen and oxygen atoms in total. The van der Waals surface area contributed by atoms with Gasteiger partial charge in [0.15, 0.2) is 0 Å². The molecule has 0 N–H and O–H groups in total. The molecule has 0 fully saturated rings. The van der Waals surface area contributed by atoms with Gasteiger partial charge in [-0.05, 0) is 29.0 Å². The van der Waals surface area contributed by atoms with Crippen LogP contribution in [0.4, 0.5) is 0 Å². The van der Waals surface area contributed by atoms with E-state index in [-0.39, 0.29) is 11.9 Å². The van der Waals surface area contributed by atoms with Gasteiger partial charge in [-0.15, -0.1) is 0 Å². The van der Waals surface area contributed by atoms with Crippen LogP contribution in [0.5, 0.6) is 0 Å². The minimum atomic E-state index is -0.159. The van der Waals surface area contributed by atoms with Crippen molar-refractivity contribution in [1.82, 2.24) is 0 Å². The first-order valence-electron chi connectivity index (χ1n) is 8.59. The molecule has 0 aliphatic carbocycles. The van der Waals surface area contributed by atoms with E-state index in [2.05, 4.69) is 24.3 Å². The fourth-order valence-electron chi connectivity index (χ4n) is 2.93. The number of benzene rings is 3. The number of rotatable bonds is 7. The normalized spacial score (nSPS) is 11.7. The first-order chi connectivity index (χ1) is 12.3. The van der Waals surface area contributed by atoms with Gasteiger partial charge in [0.25, 0.3) is 0 Å². The molecule has 1 unspecified atom stereocenters. The maximum atomic E-state index is 12.4. The van der Waals surface area contributed by atoms with Crippen molar-refractivity contribution in [2.75, 3.05) is 0 Å². The molecule has 0 heterocycles. The van der Waals surface area contributed by atoms with E-state index >= 15 is 0 Å². The van der Waals surface area contributed by atoms with Crippen LogP contribution in [0.15, 0.2) is 91.0 Å². The number of hydrogen-bond donors (Lipinski definition) is 0. The van der Waals surface area contributed by atoms with E-state index in [4.69, 9.17) is 4.74 Å². The fourth-order valence-corrected chi connectivity index (χ4v) is 2.93. The van der Waals surface area contributed by atoms with Gasteiger partial charge in [-0.1, -0.05) is 91.0 Å². The largest absolute Gasteiger partial charge is 0.461 e. The standard InChI is InChI=1S/C23H22O2/c24-23(25-18-20-12-6-2-7-13-20)17-22(21-14-8-3-9-15-21)16-19-10-4-1-5-11-19/h1-15,22H,16-18H2. The smallest absolute Gasteiger partial charge is 0.306 e. The molecule has 1 atom stereocenters. The van der Waals surface area contributed by atoms with Crippen molar-refractivity contribution in [3.8, 4) is 0 Å². The quantitative estimate of drug-likeness (QED) is 0.560. The number of esters is 1. The second kappa shape index (κ2) is 8.84. The lowest BCUT2D eigenvalue weighted by atomic mass is 9.89. The summed E-state index contributed by atoms with van der Waals surface area (Å²) >= 11 is 0. The van der Waals surface area contributed by atoms with Crippen molar-refractivity contribution in [3.05, 3.63) is 108 Å². The Kier molecular flexibility index (Phi) is 6.00. The van der Waals surface area contributed by atoms with E-state index in [9.17, 15) is 4.79 Å². The first kappa shape index (κ1) is 17.0. The highest BCUT2D eigenvalue weighted by molar-refractivity contribution is 5.70. The van der Waals surface area contributed by atoms with E-state index < -0.39 is 0 Å². The Morgan fingerprint density at radius 1 is 0.720 bits per heavy atom. The minimum absolute atomic E-state index is 0.117.